The second kappa shape index (κ2) is 6.69. The van der Waals surface area contributed by atoms with Gasteiger partial charge in [-0.15, -0.1) is 0 Å². The third kappa shape index (κ3) is 3.26. The molecular formula is C22H20F2N4O. The molecule has 1 saturated carbocycles. The van der Waals surface area contributed by atoms with Crippen LogP contribution in [0, 0.1) is 23.5 Å². The Morgan fingerprint density at radius 3 is 2.72 bits per heavy atom. The lowest BCUT2D eigenvalue weighted by atomic mass is 10.0. The number of hydrogen-bond donors (Lipinski definition) is 2. The molecule has 2 aliphatic rings. The number of anilines is 1. The Bertz CT molecular complexity index is 1090. The Kier molecular flexibility index (Phi) is 4.12. The number of aryl methyl sites for hydroxylation is 1. The molecule has 5 rings (SSSR count). The average Bonchev–Trinajstić information content (AvgIpc) is 3.01. The molecule has 148 valence electrons. The number of fused-ring (bicyclic) bond motifs is 3. The molecule has 29 heavy (non-hydrogen) atoms. The van der Waals surface area contributed by atoms with Crippen molar-refractivity contribution < 1.29 is 13.6 Å². The molecule has 5 nitrogen and oxygen atoms in total. The summed E-state index contributed by atoms with van der Waals surface area (Å²) < 4.78 is 28.4. The van der Waals surface area contributed by atoms with Crippen molar-refractivity contribution in [1.82, 2.24) is 15.1 Å². The monoisotopic (exact) mass is 394 g/mol. The maximum absolute atomic E-state index is 13.4. The normalized spacial score (nSPS) is 21.4. The zero-order valence-corrected chi connectivity index (χ0v) is 15.8. The fraction of sp³-hybridized carbons (Fsp3) is 0.273. The minimum atomic E-state index is -0.672. The zero-order chi connectivity index (χ0) is 20.1. The van der Waals surface area contributed by atoms with Gasteiger partial charge in [-0.3, -0.25) is 10.00 Å². The molecule has 0 spiro atoms. The van der Waals surface area contributed by atoms with Gasteiger partial charge < -0.3 is 5.32 Å². The van der Waals surface area contributed by atoms with E-state index in [0.29, 0.717) is 41.4 Å². The Hall–Kier alpha value is -3.22. The number of halogens is 2. The van der Waals surface area contributed by atoms with Gasteiger partial charge in [-0.1, -0.05) is 24.3 Å². The molecule has 2 N–H and O–H groups in total. The molecule has 3 atom stereocenters. The van der Waals surface area contributed by atoms with Crippen LogP contribution in [-0.4, -0.2) is 22.4 Å². The van der Waals surface area contributed by atoms with Crippen molar-refractivity contribution in [1.29, 1.82) is 0 Å². The molecule has 0 bridgehead atoms. The summed E-state index contributed by atoms with van der Waals surface area (Å²) in [6.07, 6.45) is 1.09. The number of carbonyl (C=O) groups is 1. The third-order valence-corrected chi connectivity index (χ3v) is 5.98. The van der Waals surface area contributed by atoms with Gasteiger partial charge in [0.05, 0.1) is 5.69 Å². The topological polar surface area (TPSA) is 59.0 Å². The van der Waals surface area contributed by atoms with Crippen LogP contribution in [0.3, 0.4) is 0 Å². The van der Waals surface area contributed by atoms with Crippen LogP contribution in [0.15, 0.2) is 48.5 Å². The summed E-state index contributed by atoms with van der Waals surface area (Å²) in [6, 6.07) is 13.0. The highest BCUT2D eigenvalue weighted by atomic mass is 19.1. The average molecular weight is 394 g/mol. The van der Waals surface area contributed by atoms with Crippen LogP contribution in [0.2, 0.25) is 0 Å². The van der Waals surface area contributed by atoms with E-state index in [1.54, 1.807) is 13.1 Å². The molecule has 2 amide bonds. The van der Waals surface area contributed by atoms with Crippen LogP contribution in [-0.2, 0) is 13.5 Å². The van der Waals surface area contributed by atoms with E-state index < -0.39 is 11.6 Å². The number of carbonyl (C=O) groups excluding carboxylic acids is 1. The number of rotatable bonds is 4. The first-order chi connectivity index (χ1) is 14.0. The summed E-state index contributed by atoms with van der Waals surface area (Å²) >= 11 is 0. The lowest BCUT2D eigenvalue weighted by molar-refractivity contribution is 0.251. The van der Waals surface area contributed by atoms with E-state index in [4.69, 9.17) is 0 Å². The van der Waals surface area contributed by atoms with Crippen molar-refractivity contribution in [3.05, 3.63) is 71.3 Å². The summed E-state index contributed by atoms with van der Waals surface area (Å²) in [5.41, 5.74) is 3.55. The lowest BCUT2D eigenvalue weighted by Crippen LogP contribution is -2.31. The molecule has 7 heteroatoms. The molecule has 3 aromatic rings. The van der Waals surface area contributed by atoms with Crippen LogP contribution < -0.4 is 10.6 Å². The number of aromatic nitrogens is 2. The summed E-state index contributed by atoms with van der Waals surface area (Å²) in [6.45, 7) is 0.620. The van der Waals surface area contributed by atoms with E-state index in [9.17, 15) is 13.6 Å². The second-order valence-corrected chi connectivity index (χ2v) is 7.79. The van der Waals surface area contributed by atoms with E-state index in [2.05, 4.69) is 40.0 Å². The van der Waals surface area contributed by atoms with Gasteiger partial charge in [-0.05, 0) is 47.4 Å². The Balaban J connectivity index is 1.21. The van der Waals surface area contributed by atoms with Gasteiger partial charge in [-0.2, -0.15) is 5.10 Å². The molecule has 2 aromatic carbocycles. The molecule has 3 unspecified atom stereocenters. The largest absolute Gasteiger partial charge is 0.338 e. The molecule has 1 aromatic heterocycles. The first-order valence-electron chi connectivity index (χ1n) is 9.63. The standard InChI is InChI=1S/C22H20F2N4O/c1-28-20(10-19(27-28)13-6-14(23)9-15(24)7-13)26-22(29)25-11-18-17-8-12-4-2-3-5-16(12)21(17)18/h2-7,9-10,17-18,21H,8,11H2,1H3,(H2,25,26,29). The summed E-state index contributed by atoms with van der Waals surface area (Å²) in [7, 11) is 1.66. The van der Waals surface area contributed by atoms with Gasteiger partial charge in [0.15, 0.2) is 0 Å². The SMILES string of the molecule is Cn1nc(-c2cc(F)cc(F)c2)cc1NC(=O)NCC1C2Cc3ccccc3C12. The minimum Gasteiger partial charge on any atom is -0.338 e. The maximum atomic E-state index is 13.4. The highest BCUT2D eigenvalue weighted by Crippen LogP contribution is 2.60. The summed E-state index contributed by atoms with van der Waals surface area (Å²) in [4.78, 5) is 12.3. The number of amides is 2. The van der Waals surface area contributed by atoms with Gasteiger partial charge in [0.25, 0.3) is 0 Å². The molecular weight excluding hydrogens is 374 g/mol. The quantitative estimate of drug-likeness (QED) is 0.701. The van der Waals surface area contributed by atoms with Crippen molar-refractivity contribution in [3.63, 3.8) is 0 Å². The van der Waals surface area contributed by atoms with E-state index in [0.717, 1.165) is 12.5 Å². The molecule has 1 heterocycles. The number of hydrogen-bond acceptors (Lipinski definition) is 2. The lowest BCUT2D eigenvalue weighted by Gasteiger charge is -2.10. The fourth-order valence-electron chi connectivity index (χ4n) is 4.56. The van der Waals surface area contributed by atoms with Gasteiger partial charge in [-0.25, -0.2) is 13.6 Å². The highest BCUT2D eigenvalue weighted by molar-refractivity contribution is 5.89. The molecule has 1 fully saturated rings. The number of nitrogens with zero attached hydrogens (tertiary/aromatic N) is 2. The minimum absolute atomic E-state index is 0.316. The Morgan fingerprint density at radius 1 is 1.17 bits per heavy atom. The van der Waals surface area contributed by atoms with Crippen molar-refractivity contribution in [2.45, 2.75) is 12.3 Å². The van der Waals surface area contributed by atoms with Crippen molar-refractivity contribution in [2.75, 3.05) is 11.9 Å². The van der Waals surface area contributed by atoms with Crippen LogP contribution in [0.4, 0.5) is 19.4 Å². The van der Waals surface area contributed by atoms with E-state index in [1.807, 2.05) is 0 Å². The van der Waals surface area contributed by atoms with E-state index in [-0.39, 0.29) is 6.03 Å². The first kappa shape index (κ1) is 17.8. The van der Waals surface area contributed by atoms with Crippen molar-refractivity contribution >= 4 is 11.8 Å². The van der Waals surface area contributed by atoms with Crippen LogP contribution in [0.5, 0.6) is 0 Å². The zero-order valence-electron chi connectivity index (χ0n) is 15.8. The molecule has 0 saturated heterocycles. The fourth-order valence-corrected chi connectivity index (χ4v) is 4.56. The smallest absolute Gasteiger partial charge is 0.320 e. The van der Waals surface area contributed by atoms with Gasteiger partial charge >= 0.3 is 6.03 Å². The van der Waals surface area contributed by atoms with Crippen molar-refractivity contribution in [3.8, 4) is 11.3 Å². The van der Waals surface area contributed by atoms with Gasteiger partial charge in [0.1, 0.15) is 17.5 Å². The predicted molar refractivity (Wildman–Crippen MR) is 105 cm³/mol. The van der Waals surface area contributed by atoms with Gasteiger partial charge in [0.2, 0.25) is 0 Å². The van der Waals surface area contributed by atoms with Crippen LogP contribution in [0.1, 0.15) is 17.0 Å². The first-order valence-corrected chi connectivity index (χ1v) is 9.63. The second-order valence-electron chi connectivity index (χ2n) is 7.79. The molecule has 0 radical (unpaired) electrons. The Labute approximate surface area is 166 Å². The third-order valence-electron chi connectivity index (χ3n) is 5.98. The predicted octanol–water partition coefficient (Wildman–Crippen LogP) is 4.07. The number of benzene rings is 2. The number of urea groups is 1. The van der Waals surface area contributed by atoms with Crippen LogP contribution in [0.25, 0.3) is 11.3 Å². The van der Waals surface area contributed by atoms with Gasteiger partial charge in [0, 0.05) is 31.3 Å². The van der Waals surface area contributed by atoms with Crippen molar-refractivity contribution in [2.24, 2.45) is 18.9 Å². The van der Waals surface area contributed by atoms with E-state index in [1.165, 1.54) is 27.9 Å². The Morgan fingerprint density at radius 2 is 1.93 bits per heavy atom. The summed E-state index contributed by atoms with van der Waals surface area (Å²) in [5, 5.41) is 9.93. The maximum Gasteiger partial charge on any atom is 0.320 e. The van der Waals surface area contributed by atoms with Crippen LogP contribution >= 0.6 is 0 Å². The number of nitrogens with one attached hydrogen (secondary N) is 2. The highest BCUT2D eigenvalue weighted by Gasteiger charge is 2.55. The molecule has 2 aliphatic carbocycles. The molecule has 0 aliphatic heterocycles. The summed E-state index contributed by atoms with van der Waals surface area (Å²) in [5.74, 6) is 0.761. The van der Waals surface area contributed by atoms with E-state index >= 15 is 0 Å².